The number of methoxy groups -OCH3 is 2. The molecule has 6 heteroatoms. The molecule has 0 fully saturated rings. The number of nitrogens with zero attached hydrogens (tertiary/aromatic N) is 2. The topological polar surface area (TPSA) is 24.9 Å². The Kier molecular flexibility index (Phi) is 8.22. The summed E-state index contributed by atoms with van der Waals surface area (Å²) in [5, 5.41) is 0. The summed E-state index contributed by atoms with van der Waals surface area (Å²) in [5.74, 6) is 1.67. The van der Waals surface area contributed by atoms with E-state index in [0.29, 0.717) is 0 Å². The van der Waals surface area contributed by atoms with E-state index in [-0.39, 0.29) is 17.5 Å². The molecule has 0 unspecified atom stereocenters. The molecule has 0 saturated carbocycles. The van der Waals surface area contributed by atoms with Gasteiger partial charge in [0.25, 0.3) is 6.71 Å². The molecule has 14 rings (SSSR count). The van der Waals surface area contributed by atoms with Gasteiger partial charge in [-0.3, -0.25) is 0 Å². The standard InChI is InChI=1S/C62H47BN2O2S/c1-61(2)46-18-9-7-14-44(46)54-40(16-11-20-48(54)61)42-32-34-52-57-59(42)68-60-43(41-17-12-21-49-55(41)45-15-8-10-19-47(45)62(49,3)4)33-35-53-58(60)63(57)56-50(64(52)36-24-28-38(66-5)29-25-36)22-13-23-51(56)65(53)37-26-30-39(67-6)31-27-37/h7-35H,1-6H3. The van der Waals surface area contributed by atoms with Crippen molar-refractivity contribution in [3.63, 3.8) is 0 Å². The van der Waals surface area contributed by atoms with Gasteiger partial charge in [0, 0.05) is 54.7 Å². The van der Waals surface area contributed by atoms with E-state index in [4.69, 9.17) is 9.47 Å². The summed E-state index contributed by atoms with van der Waals surface area (Å²) < 4.78 is 11.4. The zero-order chi connectivity index (χ0) is 45.8. The Morgan fingerprint density at radius 1 is 0.368 bits per heavy atom. The first-order valence-electron chi connectivity index (χ1n) is 23.7. The second-order valence-corrected chi connectivity index (χ2v) is 20.9. The van der Waals surface area contributed by atoms with Gasteiger partial charge in [-0.05, 0) is 156 Å². The van der Waals surface area contributed by atoms with Crippen LogP contribution >= 0.6 is 11.8 Å². The molecular weight excluding hydrogens is 848 g/mol. The summed E-state index contributed by atoms with van der Waals surface area (Å²) in [7, 11) is 3.47. The molecule has 0 atom stereocenters. The summed E-state index contributed by atoms with van der Waals surface area (Å²) in [6.45, 7) is 9.50. The van der Waals surface area contributed by atoms with Gasteiger partial charge in [-0.1, -0.05) is 143 Å². The molecular formula is C62H47BN2O2S. The summed E-state index contributed by atoms with van der Waals surface area (Å²) in [4.78, 5) is 7.64. The second kappa shape index (κ2) is 14.1. The lowest BCUT2D eigenvalue weighted by molar-refractivity contribution is 0.414. The Labute approximate surface area is 402 Å². The monoisotopic (exact) mass is 894 g/mol. The lowest BCUT2D eigenvalue weighted by Crippen LogP contribution is -2.63. The molecule has 9 aromatic carbocycles. The molecule has 0 radical (unpaired) electrons. The fraction of sp³-hybridized carbons (Fsp3) is 0.129. The van der Waals surface area contributed by atoms with E-state index in [1.807, 2.05) is 11.8 Å². The van der Waals surface area contributed by atoms with Crippen LogP contribution in [0.2, 0.25) is 0 Å². The molecule has 0 saturated heterocycles. The van der Waals surface area contributed by atoms with Crippen LogP contribution in [-0.4, -0.2) is 20.9 Å². The minimum Gasteiger partial charge on any atom is -0.497 e. The van der Waals surface area contributed by atoms with Gasteiger partial charge in [-0.25, -0.2) is 0 Å². The first kappa shape index (κ1) is 39.7. The van der Waals surface area contributed by atoms with Crippen LogP contribution in [0.15, 0.2) is 186 Å². The molecule has 3 aliphatic heterocycles. The minimum atomic E-state index is -0.125. The third-order valence-electron chi connectivity index (χ3n) is 15.9. The maximum atomic E-state index is 5.71. The highest BCUT2D eigenvalue weighted by Crippen LogP contribution is 2.58. The van der Waals surface area contributed by atoms with Crippen molar-refractivity contribution in [2.24, 2.45) is 0 Å². The quantitative estimate of drug-likeness (QED) is 0.155. The molecule has 0 amide bonds. The Bertz CT molecular complexity index is 3420. The van der Waals surface area contributed by atoms with Crippen LogP contribution in [0, 0.1) is 0 Å². The number of anilines is 6. The van der Waals surface area contributed by atoms with Crippen LogP contribution in [0.5, 0.6) is 11.5 Å². The van der Waals surface area contributed by atoms with Crippen LogP contribution in [0.25, 0.3) is 44.5 Å². The molecule has 326 valence electrons. The van der Waals surface area contributed by atoms with Crippen LogP contribution < -0.4 is 35.7 Å². The molecule has 0 aromatic heterocycles. The van der Waals surface area contributed by atoms with Crippen molar-refractivity contribution in [3.05, 3.63) is 198 Å². The van der Waals surface area contributed by atoms with Gasteiger partial charge >= 0.3 is 0 Å². The van der Waals surface area contributed by atoms with Gasteiger partial charge in [0.1, 0.15) is 11.5 Å². The van der Waals surface area contributed by atoms with Crippen molar-refractivity contribution in [2.75, 3.05) is 24.0 Å². The van der Waals surface area contributed by atoms with E-state index < -0.39 is 0 Å². The average Bonchev–Trinajstić information content (AvgIpc) is 3.76. The lowest BCUT2D eigenvalue weighted by Gasteiger charge is -2.47. The minimum absolute atomic E-state index is 0.0395. The molecule has 2 aliphatic carbocycles. The van der Waals surface area contributed by atoms with Crippen molar-refractivity contribution in [2.45, 2.75) is 48.3 Å². The number of benzene rings is 9. The lowest BCUT2D eigenvalue weighted by atomic mass is 9.33. The van der Waals surface area contributed by atoms with E-state index in [0.717, 1.165) is 22.9 Å². The number of hydrogen-bond donors (Lipinski definition) is 0. The Morgan fingerprint density at radius 2 is 0.750 bits per heavy atom. The summed E-state index contributed by atoms with van der Waals surface area (Å²) >= 11 is 1.98. The van der Waals surface area contributed by atoms with Crippen LogP contribution in [-0.2, 0) is 10.8 Å². The normalized spacial score (nSPS) is 15.3. The fourth-order valence-corrected chi connectivity index (χ4v) is 14.2. The smallest absolute Gasteiger partial charge is 0.255 e. The van der Waals surface area contributed by atoms with Gasteiger partial charge in [0.15, 0.2) is 0 Å². The van der Waals surface area contributed by atoms with E-state index >= 15 is 0 Å². The largest absolute Gasteiger partial charge is 0.497 e. The van der Waals surface area contributed by atoms with Crippen LogP contribution in [0.1, 0.15) is 49.9 Å². The highest BCUT2D eigenvalue weighted by Gasteiger charge is 2.50. The maximum Gasteiger partial charge on any atom is 0.255 e. The van der Waals surface area contributed by atoms with Crippen LogP contribution in [0.4, 0.5) is 34.1 Å². The fourth-order valence-electron chi connectivity index (χ4n) is 12.8. The first-order valence-corrected chi connectivity index (χ1v) is 24.5. The van der Waals surface area contributed by atoms with Crippen molar-refractivity contribution in [3.8, 4) is 56.0 Å². The third-order valence-corrected chi connectivity index (χ3v) is 17.2. The van der Waals surface area contributed by atoms with Gasteiger partial charge in [-0.2, -0.15) is 0 Å². The third kappa shape index (κ3) is 5.13. The highest BCUT2D eigenvalue weighted by atomic mass is 32.2. The van der Waals surface area contributed by atoms with Gasteiger partial charge in [0.05, 0.1) is 14.2 Å². The number of ether oxygens (including phenoxy) is 2. The van der Waals surface area contributed by atoms with Gasteiger partial charge in [-0.15, -0.1) is 0 Å². The Balaban J connectivity index is 1.11. The molecule has 9 aromatic rings. The summed E-state index contributed by atoms with van der Waals surface area (Å²) in [5.41, 5.74) is 26.8. The predicted octanol–water partition coefficient (Wildman–Crippen LogP) is 14.2. The Hall–Kier alpha value is -7.41. The molecule has 3 heterocycles. The van der Waals surface area contributed by atoms with Crippen molar-refractivity contribution in [1.29, 1.82) is 0 Å². The SMILES string of the molecule is COc1ccc(N2c3cccc4c3B3c5c2ccc(-c2cccc6c2-c2ccccc2C6(C)C)c5Sc2c(-c5cccc6c5-c5ccccc5C6(C)C)ccc(c23)N4c2ccc(OC)cc2)cc1. The molecule has 0 N–H and O–H groups in total. The second-order valence-electron chi connectivity index (χ2n) is 19.9. The van der Waals surface area contributed by atoms with Gasteiger partial charge in [0.2, 0.25) is 0 Å². The molecule has 5 aliphatic rings. The summed E-state index contributed by atoms with van der Waals surface area (Å²) in [6, 6.07) is 65.9. The first-order chi connectivity index (χ1) is 33.2. The zero-order valence-corrected chi connectivity index (χ0v) is 39.8. The molecule has 68 heavy (non-hydrogen) atoms. The van der Waals surface area contributed by atoms with E-state index in [1.54, 1.807) is 14.2 Å². The maximum absolute atomic E-state index is 5.71. The Morgan fingerprint density at radius 3 is 1.19 bits per heavy atom. The molecule has 0 spiro atoms. The average molecular weight is 895 g/mol. The number of fused-ring (bicyclic) bond motifs is 6. The van der Waals surface area contributed by atoms with Crippen molar-refractivity contribution < 1.29 is 9.47 Å². The van der Waals surface area contributed by atoms with E-state index in [9.17, 15) is 0 Å². The molecule has 0 bridgehead atoms. The number of rotatable bonds is 6. The van der Waals surface area contributed by atoms with Crippen LogP contribution in [0.3, 0.4) is 0 Å². The highest BCUT2D eigenvalue weighted by molar-refractivity contribution is 8.00. The zero-order valence-electron chi connectivity index (χ0n) is 38.9. The number of hydrogen-bond acceptors (Lipinski definition) is 5. The predicted molar refractivity (Wildman–Crippen MR) is 284 cm³/mol. The van der Waals surface area contributed by atoms with Crippen molar-refractivity contribution >= 4 is 69.0 Å². The van der Waals surface area contributed by atoms with E-state index in [1.165, 1.54) is 116 Å². The van der Waals surface area contributed by atoms with E-state index in [2.05, 4.69) is 213 Å². The van der Waals surface area contributed by atoms with Crippen molar-refractivity contribution in [1.82, 2.24) is 0 Å². The van der Waals surface area contributed by atoms with Gasteiger partial charge < -0.3 is 19.3 Å². The summed E-state index contributed by atoms with van der Waals surface area (Å²) in [6.07, 6.45) is 0. The molecule has 4 nitrogen and oxygen atoms in total.